The lowest BCUT2D eigenvalue weighted by Crippen LogP contribution is -2.12. The van der Waals surface area contributed by atoms with Crippen molar-refractivity contribution >= 4 is 11.7 Å². The van der Waals surface area contributed by atoms with Crippen LogP contribution in [0.4, 0.5) is 5.69 Å². The van der Waals surface area contributed by atoms with Gasteiger partial charge in [0, 0.05) is 12.3 Å². The van der Waals surface area contributed by atoms with Crippen LogP contribution in [0.5, 0.6) is 0 Å². The molecule has 0 heterocycles. The van der Waals surface area contributed by atoms with Crippen LogP contribution in [0.3, 0.4) is 0 Å². The molecular weight excluding hydrogens is 218 g/mol. The Balaban J connectivity index is 2.42. The van der Waals surface area contributed by atoms with E-state index in [1.54, 1.807) is 18.2 Å². The maximum absolute atomic E-state index is 11.7. The first-order valence-corrected chi connectivity index (χ1v) is 5.76. The van der Waals surface area contributed by atoms with Crippen molar-refractivity contribution in [1.29, 1.82) is 0 Å². The number of hydrogen-bond acceptors (Lipinski definition) is 4. The van der Waals surface area contributed by atoms with Crippen molar-refractivity contribution in [3.63, 3.8) is 0 Å². The van der Waals surface area contributed by atoms with Crippen LogP contribution in [-0.2, 0) is 9.47 Å². The van der Waals surface area contributed by atoms with E-state index in [0.717, 1.165) is 12.0 Å². The van der Waals surface area contributed by atoms with Crippen LogP contribution >= 0.6 is 0 Å². The van der Waals surface area contributed by atoms with Crippen molar-refractivity contribution in [2.75, 3.05) is 25.6 Å². The zero-order valence-electron chi connectivity index (χ0n) is 10.4. The Labute approximate surface area is 102 Å². The summed E-state index contributed by atoms with van der Waals surface area (Å²) in [6.07, 6.45) is 0.963. The van der Waals surface area contributed by atoms with Gasteiger partial charge in [0.1, 0.15) is 6.61 Å². The molecule has 0 aliphatic heterocycles. The Morgan fingerprint density at radius 3 is 2.71 bits per heavy atom. The Bertz CT molecular complexity index is 377. The van der Waals surface area contributed by atoms with Crippen LogP contribution in [0.1, 0.15) is 29.3 Å². The van der Waals surface area contributed by atoms with Gasteiger partial charge in [-0.15, -0.1) is 0 Å². The molecule has 0 aliphatic rings. The smallest absolute Gasteiger partial charge is 0.338 e. The van der Waals surface area contributed by atoms with Gasteiger partial charge in [0.15, 0.2) is 0 Å². The van der Waals surface area contributed by atoms with E-state index >= 15 is 0 Å². The van der Waals surface area contributed by atoms with E-state index in [-0.39, 0.29) is 12.6 Å². The second kappa shape index (κ2) is 6.91. The molecule has 0 saturated heterocycles. The van der Waals surface area contributed by atoms with Crippen molar-refractivity contribution in [1.82, 2.24) is 0 Å². The minimum atomic E-state index is -0.331. The third kappa shape index (κ3) is 4.44. The van der Waals surface area contributed by atoms with Gasteiger partial charge in [-0.05, 0) is 37.1 Å². The van der Waals surface area contributed by atoms with Crippen LogP contribution in [0.15, 0.2) is 18.2 Å². The second-order valence-corrected chi connectivity index (χ2v) is 3.82. The fraction of sp³-hybridized carbons (Fsp3) is 0.462. The summed E-state index contributed by atoms with van der Waals surface area (Å²) in [5.74, 6) is -0.331. The fourth-order valence-corrected chi connectivity index (χ4v) is 1.43. The van der Waals surface area contributed by atoms with Gasteiger partial charge in [0.05, 0.1) is 12.2 Å². The van der Waals surface area contributed by atoms with E-state index in [1.165, 1.54) is 0 Å². The van der Waals surface area contributed by atoms with E-state index in [2.05, 4.69) is 0 Å². The molecule has 4 heteroatoms. The van der Waals surface area contributed by atoms with Gasteiger partial charge >= 0.3 is 5.97 Å². The number of hydrogen-bond donors (Lipinski definition) is 1. The number of aryl methyl sites for hydroxylation is 1. The number of nitrogens with two attached hydrogens (primary N) is 1. The number of carbonyl (C=O) groups excluding carboxylic acids is 1. The Kier molecular flexibility index (Phi) is 5.49. The summed E-state index contributed by atoms with van der Waals surface area (Å²) in [5.41, 5.74) is 7.63. The van der Waals surface area contributed by atoms with Crippen molar-refractivity contribution in [3.8, 4) is 0 Å². The SMILES string of the molecule is CCCOCCOC(=O)c1ccc(N)cc1C. The summed E-state index contributed by atoms with van der Waals surface area (Å²) in [5, 5.41) is 0. The summed E-state index contributed by atoms with van der Waals surface area (Å²) < 4.78 is 10.3. The molecule has 17 heavy (non-hydrogen) atoms. The Morgan fingerprint density at radius 2 is 2.06 bits per heavy atom. The molecule has 0 amide bonds. The van der Waals surface area contributed by atoms with E-state index in [4.69, 9.17) is 15.2 Å². The first kappa shape index (κ1) is 13.5. The molecule has 0 spiro atoms. The van der Waals surface area contributed by atoms with Crippen LogP contribution in [0.25, 0.3) is 0 Å². The van der Waals surface area contributed by atoms with E-state index in [0.29, 0.717) is 24.5 Å². The summed E-state index contributed by atoms with van der Waals surface area (Å²) in [6.45, 7) is 5.28. The summed E-state index contributed by atoms with van der Waals surface area (Å²) in [7, 11) is 0. The van der Waals surface area contributed by atoms with Crippen LogP contribution in [0, 0.1) is 6.92 Å². The zero-order chi connectivity index (χ0) is 12.7. The molecule has 4 nitrogen and oxygen atoms in total. The molecule has 94 valence electrons. The minimum absolute atomic E-state index is 0.280. The largest absolute Gasteiger partial charge is 0.460 e. The maximum atomic E-state index is 11.7. The molecule has 1 rings (SSSR count). The number of nitrogen functional groups attached to an aromatic ring is 1. The van der Waals surface area contributed by atoms with Crippen molar-refractivity contribution < 1.29 is 14.3 Å². The van der Waals surface area contributed by atoms with Gasteiger partial charge in [-0.2, -0.15) is 0 Å². The Hall–Kier alpha value is -1.55. The van der Waals surface area contributed by atoms with E-state index < -0.39 is 0 Å². The predicted octanol–water partition coefficient (Wildman–Crippen LogP) is 2.16. The third-order valence-corrected chi connectivity index (χ3v) is 2.28. The minimum Gasteiger partial charge on any atom is -0.460 e. The van der Waals surface area contributed by atoms with Gasteiger partial charge in [-0.3, -0.25) is 0 Å². The number of benzene rings is 1. The molecule has 0 aliphatic carbocycles. The number of rotatable bonds is 6. The third-order valence-electron chi connectivity index (χ3n) is 2.28. The average molecular weight is 237 g/mol. The monoisotopic (exact) mass is 237 g/mol. The van der Waals surface area contributed by atoms with Crippen LogP contribution < -0.4 is 5.73 Å². The molecule has 2 N–H and O–H groups in total. The van der Waals surface area contributed by atoms with E-state index in [9.17, 15) is 4.79 Å². The first-order valence-electron chi connectivity index (χ1n) is 5.76. The van der Waals surface area contributed by atoms with Gasteiger partial charge in [-0.1, -0.05) is 6.92 Å². The van der Waals surface area contributed by atoms with Crippen molar-refractivity contribution in [2.45, 2.75) is 20.3 Å². The molecule has 0 bridgehead atoms. The number of anilines is 1. The highest BCUT2D eigenvalue weighted by Gasteiger charge is 2.09. The van der Waals surface area contributed by atoms with Crippen LogP contribution in [0.2, 0.25) is 0 Å². The highest BCUT2D eigenvalue weighted by molar-refractivity contribution is 5.91. The normalized spacial score (nSPS) is 10.2. The molecular formula is C13H19NO3. The zero-order valence-corrected chi connectivity index (χ0v) is 10.4. The summed E-state index contributed by atoms with van der Waals surface area (Å²) >= 11 is 0. The lowest BCUT2D eigenvalue weighted by Gasteiger charge is -2.08. The molecule has 1 aromatic rings. The highest BCUT2D eigenvalue weighted by atomic mass is 16.6. The van der Waals surface area contributed by atoms with Crippen molar-refractivity contribution in [3.05, 3.63) is 29.3 Å². The number of ether oxygens (including phenoxy) is 2. The molecule has 0 saturated carbocycles. The number of carbonyl (C=O) groups is 1. The molecule has 0 fully saturated rings. The molecule has 0 radical (unpaired) electrons. The maximum Gasteiger partial charge on any atom is 0.338 e. The van der Waals surface area contributed by atoms with Gasteiger partial charge in [0.25, 0.3) is 0 Å². The lowest BCUT2D eigenvalue weighted by molar-refractivity contribution is 0.0318. The Morgan fingerprint density at radius 1 is 1.29 bits per heavy atom. The highest BCUT2D eigenvalue weighted by Crippen LogP contribution is 2.13. The number of esters is 1. The fourth-order valence-electron chi connectivity index (χ4n) is 1.43. The van der Waals surface area contributed by atoms with Gasteiger partial charge in [0.2, 0.25) is 0 Å². The standard InChI is InChI=1S/C13H19NO3/c1-3-6-16-7-8-17-13(15)12-5-4-11(14)9-10(12)2/h4-5,9H,3,6-8,14H2,1-2H3. The summed E-state index contributed by atoms with van der Waals surface area (Å²) in [4.78, 5) is 11.7. The first-order chi connectivity index (χ1) is 8.15. The molecule has 0 aromatic heterocycles. The van der Waals surface area contributed by atoms with Gasteiger partial charge < -0.3 is 15.2 Å². The predicted molar refractivity (Wildman–Crippen MR) is 67.0 cm³/mol. The van der Waals surface area contributed by atoms with Gasteiger partial charge in [-0.25, -0.2) is 4.79 Å². The average Bonchev–Trinajstić information content (AvgIpc) is 2.28. The molecule has 1 aromatic carbocycles. The van der Waals surface area contributed by atoms with Crippen molar-refractivity contribution in [2.24, 2.45) is 0 Å². The molecule has 0 atom stereocenters. The van der Waals surface area contributed by atoms with Crippen LogP contribution in [-0.4, -0.2) is 25.8 Å². The quantitative estimate of drug-likeness (QED) is 0.468. The molecule has 0 unspecified atom stereocenters. The summed E-state index contributed by atoms with van der Waals surface area (Å²) in [6, 6.07) is 5.13. The second-order valence-electron chi connectivity index (χ2n) is 3.82. The topological polar surface area (TPSA) is 61.5 Å². The van der Waals surface area contributed by atoms with E-state index in [1.807, 2.05) is 13.8 Å². The lowest BCUT2D eigenvalue weighted by atomic mass is 10.1.